The highest BCUT2D eigenvalue weighted by Crippen LogP contribution is 2.41. The normalized spacial score (nSPS) is 18.9. The lowest BCUT2D eigenvalue weighted by Crippen LogP contribution is -2.41. The van der Waals surface area contributed by atoms with Crippen LogP contribution in [0.25, 0.3) is 22.3 Å². The molecule has 2 aromatic carbocycles. The predicted octanol–water partition coefficient (Wildman–Crippen LogP) is 4.71. The molecule has 2 saturated heterocycles. The van der Waals surface area contributed by atoms with Crippen molar-refractivity contribution in [1.29, 1.82) is 0 Å². The molecule has 2 N–H and O–H groups in total. The third-order valence-electron chi connectivity index (χ3n) is 6.86. The minimum Gasteiger partial charge on any atom is -0.507 e. The summed E-state index contributed by atoms with van der Waals surface area (Å²) in [5, 5.41) is 15.1. The fourth-order valence-electron chi connectivity index (χ4n) is 5.08. The van der Waals surface area contributed by atoms with Crippen molar-refractivity contribution in [2.24, 2.45) is 5.92 Å². The second-order valence-corrected chi connectivity index (χ2v) is 10.2. The van der Waals surface area contributed by atoms with Crippen molar-refractivity contribution < 1.29 is 14.3 Å². The number of aromatic hydroxyl groups is 1. The molecule has 3 aromatic rings. The number of halogens is 2. The van der Waals surface area contributed by atoms with Gasteiger partial charge in [-0.3, -0.25) is 9.69 Å². The van der Waals surface area contributed by atoms with Gasteiger partial charge in [-0.05, 0) is 59.9 Å². The molecule has 2 unspecified atom stereocenters. The number of pyridine rings is 1. The molecule has 2 bridgehead atoms. The molecular formula is C28H29ClFN5O2. The SMILES string of the molecule is CN(C)/C=C\N(C=O)c1ccc(-c2cc(F)cc(-c3ccnc(N4CC5CNC(C5)C4)c3)c2O)cc1Cl. The first-order chi connectivity index (χ1) is 17.8. The van der Waals surface area contributed by atoms with E-state index in [1.807, 2.05) is 20.2 Å². The molecule has 2 fully saturated rings. The van der Waals surface area contributed by atoms with Crippen LogP contribution < -0.4 is 15.1 Å². The highest BCUT2D eigenvalue weighted by atomic mass is 35.5. The first-order valence-electron chi connectivity index (χ1n) is 12.2. The first-order valence-corrected chi connectivity index (χ1v) is 12.6. The van der Waals surface area contributed by atoms with Crippen LogP contribution in [0.1, 0.15) is 6.42 Å². The zero-order valence-corrected chi connectivity index (χ0v) is 21.5. The van der Waals surface area contributed by atoms with Crippen LogP contribution in [0.5, 0.6) is 5.75 Å². The van der Waals surface area contributed by atoms with E-state index in [1.165, 1.54) is 23.5 Å². The number of rotatable bonds is 7. The number of amides is 1. The first kappa shape index (κ1) is 25.0. The molecule has 2 atom stereocenters. The largest absolute Gasteiger partial charge is 0.507 e. The number of nitrogens with one attached hydrogen (secondary N) is 1. The van der Waals surface area contributed by atoms with E-state index in [1.54, 1.807) is 47.8 Å². The van der Waals surface area contributed by atoms with E-state index in [0.29, 0.717) is 46.3 Å². The van der Waals surface area contributed by atoms with Gasteiger partial charge in [0.25, 0.3) is 0 Å². The number of phenolic OH excluding ortho intramolecular Hbond substituents is 1. The maximum atomic E-state index is 14.8. The van der Waals surface area contributed by atoms with Crippen molar-refractivity contribution in [3.05, 3.63) is 71.9 Å². The monoisotopic (exact) mass is 521 g/mol. The highest BCUT2D eigenvalue weighted by Gasteiger charge is 2.33. The van der Waals surface area contributed by atoms with Crippen LogP contribution in [0.2, 0.25) is 5.02 Å². The van der Waals surface area contributed by atoms with Gasteiger partial charge in [0.1, 0.15) is 17.4 Å². The van der Waals surface area contributed by atoms with Crippen LogP contribution in [0.3, 0.4) is 0 Å². The number of benzene rings is 2. The minimum atomic E-state index is -0.481. The Morgan fingerprint density at radius 1 is 1.11 bits per heavy atom. The Morgan fingerprint density at radius 2 is 1.86 bits per heavy atom. The number of nitrogens with zero attached hydrogens (tertiary/aromatic N) is 4. The van der Waals surface area contributed by atoms with Gasteiger partial charge in [0.15, 0.2) is 0 Å². The number of phenols is 1. The molecule has 9 heteroatoms. The molecule has 7 nitrogen and oxygen atoms in total. The zero-order chi connectivity index (χ0) is 26.1. The van der Waals surface area contributed by atoms with E-state index in [4.69, 9.17) is 11.6 Å². The van der Waals surface area contributed by atoms with E-state index in [2.05, 4.69) is 15.2 Å². The number of piperidine rings is 1. The summed E-state index contributed by atoms with van der Waals surface area (Å²) in [6.45, 7) is 2.82. The van der Waals surface area contributed by atoms with Gasteiger partial charge in [0, 0.05) is 69.5 Å². The number of carbonyl (C=O) groups excluding carboxylic acids is 1. The molecule has 1 aromatic heterocycles. The third kappa shape index (κ3) is 5.26. The Bertz CT molecular complexity index is 1340. The lowest BCUT2D eigenvalue weighted by Gasteiger charge is -2.32. The molecule has 2 aliphatic heterocycles. The second-order valence-electron chi connectivity index (χ2n) is 9.80. The smallest absolute Gasteiger partial charge is 0.218 e. The number of anilines is 2. The lowest BCUT2D eigenvalue weighted by atomic mass is 9.96. The quantitative estimate of drug-likeness (QED) is 0.439. The number of aromatic nitrogens is 1. The van der Waals surface area contributed by atoms with Gasteiger partial charge < -0.3 is 20.2 Å². The van der Waals surface area contributed by atoms with Crippen molar-refractivity contribution >= 4 is 29.5 Å². The van der Waals surface area contributed by atoms with E-state index in [-0.39, 0.29) is 10.8 Å². The van der Waals surface area contributed by atoms with Crippen LogP contribution >= 0.6 is 11.6 Å². The van der Waals surface area contributed by atoms with Crippen molar-refractivity contribution in [1.82, 2.24) is 15.2 Å². The van der Waals surface area contributed by atoms with Gasteiger partial charge in [-0.2, -0.15) is 0 Å². The molecule has 0 spiro atoms. The summed E-state index contributed by atoms with van der Waals surface area (Å²) in [4.78, 5) is 21.6. The van der Waals surface area contributed by atoms with Gasteiger partial charge in [-0.25, -0.2) is 9.37 Å². The van der Waals surface area contributed by atoms with Crippen molar-refractivity contribution in [3.8, 4) is 28.0 Å². The van der Waals surface area contributed by atoms with Crippen LogP contribution in [0, 0.1) is 11.7 Å². The molecule has 1 amide bonds. The summed E-state index contributed by atoms with van der Waals surface area (Å²) in [7, 11) is 3.68. The van der Waals surface area contributed by atoms with E-state index in [0.717, 1.165) is 25.5 Å². The highest BCUT2D eigenvalue weighted by molar-refractivity contribution is 6.34. The zero-order valence-electron chi connectivity index (χ0n) is 20.7. The van der Waals surface area contributed by atoms with Gasteiger partial charge >= 0.3 is 0 Å². The van der Waals surface area contributed by atoms with Gasteiger partial charge in [-0.15, -0.1) is 0 Å². The predicted molar refractivity (Wildman–Crippen MR) is 145 cm³/mol. The Balaban J connectivity index is 1.48. The number of hydrogen-bond acceptors (Lipinski definition) is 6. The molecule has 0 radical (unpaired) electrons. The van der Waals surface area contributed by atoms with E-state index < -0.39 is 5.82 Å². The van der Waals surface area contributed by atoms with E-state index in [9.17, 15) is 14.3 Å². The average molecular weight is 522 g/mol. The van der Waals surface area contributed by atoms with Gasteiger partial charge in [0.2, 0.25) is 6.41 Å². The van der Waals surface area contributed by atoms with Crippen molar-refractivity contribution in [2.75, 3.05) is 43.5 Å². The van der Waals surface area contributed by atoms with E-state index >= 15 is 0 Å². The fourth-order valence-corrected chi connectivity index (χ4v) is 5.36. The molecular weight excluding hydrogens is 493 g/mol. The minimum absolute atomic E-state index is 0.0532. The summed E-state index contributed by atoms with van der Waals surface area (Å²) < 4.78 is 14.8. The Morgan fingerprint density at radius 3 is 2.54 bits per heavy atom. The Kier molecular flexibility index (Phi) is 7.04. The van der Waals surface area contributed by atoms with Crippen LogP contribution in [-0.4, -0.2) is 61.2 Å². The average Bonchev–Trinajstić information content (AvgIpc) is 3.23. The lowest BCUT2D eigenvalue weighted by molar-refractivity contribution is -0.106. The maximum Gasteiger partial charge on any atom is 0.218 e. The van der Waals surface area contributed by atoms with Crippen molar-refractivity contribution in [3.63, 3.8) is 0 Å². The second kappa shape index (κ2) is 10.4. The third-order valence-corrected chi connectivity index (χ3v) is 7.17. The molecule has 0 saturated carbocycles. The van der Waals surface area contributed by atoms with Crippen molar-refractivity contribution in [2.45, 2.75) is 12.5 Å². The summed E-state index contributed by atoms with van der Waals surface area (Å²) >= 11 is 6.51. The number of fused-ring (bicyclic) bond motifs is 2. The summed E-state index contributed by atoms with van der Waals surface area (Å²) in [6, 6.07) is 11.7. The van der Waals surface area contributed by atoms with Crippen LogP contribution in [-0.2, 0) is 4.79 Å². The van der Waals surface area contributed by atoms with Gasteiger partial charge in [-0.1, -0.05) is 17.7 Å². The molecule has 192 valence electrons. The topological polar surface area (TPSA) is 71.9 Å². The Hall–Kier alpha value is -3.62. The molecule has 5 rings (SSSR count). The van der Waals surface area contributed by atoms with Crippen LogP contribution in [0.15, 0.2) is 61.1 Å². The molecule has 37 heavy (non-hydrogen) atoms. The van der Waals surface area contributed by atoms with Gasteiger partial charge in [0.05, 0.1) is 10.7 Å². The molecule has 0 aliphatic carbocycles. The summed E-state index contributed by atoms with van der Waals surface area (Å²) in [6.07, 6.45) is 6.85. The van der Waals surface area contributed by atoms with Crippen LogP contribution in [0.4, 0.5) is 15.9 Å². The Labute approximate surface area is 220 Å². The standard InChI is InChI=1S/C28H29ClFN5O2/c1-33(2)7-8-34(17-36)26-4-3-19(10-25(26)29)23-12-21(30)13-24(28(23)37)20-5-6-31-27(11-20)35-15-18-9-22(16-35)32-14-18/h3-8,10-13,17-18,22,32,37H,9,14-16H2,1-2H3/b8-7-. The fraction of sp³-hybridized carbons (Fsp3) is 0.286. The summed E-state index contributed by atoms with van der Waals surface area (Å²) in [5.74, 6) is 0.875. The molecule has 2 aliphatic rings. The number of carbonyl (C=O) groups is 1. The maximum absolute atomic E-state index is 14.8. The number of hydrogen-bond donors (Lipinski definition) is 2. The molecule has 3 heterocycles. The summed E-state index contributed by atoms with van der Waals surface area (Å²) in [5.41, 5.74) is 2.36.